The van der Waals surface area contributed by atoms with E-state index in [4.69, 9.17) is 0 Å². The second kappa shape index (κ2) is 9.80. The monoisotopic (exact) mass is 557 g/mol. The van der Waals surface area contributed by atoms with E-state index >= 15 is 0 Å². The van der Waals surface area contributed by atoms with Crippen LogP contribution in [0.25, 0.3) is 5.52 Å². The van der Waals surface area contributed by atoms with Crippen molar-refractivity contribution in [1.82, 2.24) is 19.0 Å². The zero-order valence-corrected chi connectivity index (χ0v) is 21.1. The molecule has 3 heterocycles. The highest BCUT2D eigenvalue weighted by molar-refractivity contribution is 9.10. The van der Waals surface area contributed by atoms with Gasteiger partial charge in [0.15, 0.2) is 0 Å². The van der Waals surface area contributed by atoms with E-state index in [2.05, 4.69) is 31.1 Å². The van der Waals surface area contributed by atoms with E-state index in [9.17, 15) is 18.5 Å². The third kappa shape index (κ3) is 5.15. The average Bonchev–Trinajstić information content (AvgIpc) is 3.24. The van der Waals surface area contributed by atoms with E-state index < -0.39 is 14.9 Å². The van der Waals surface area contributed by atoms with Gasteiger partial charge in [-0.25, -0.2) is 4.52 Å². The maximum atomic E-state index is 13.5. The van der Waals surface area contributed by atoms with Crippen molar-refractivity contribution in [2.45, 2.75) is 11.4 Å². The topological polar surface area (TPSA) is 126 Å². The molecule has 0 aliphatic rings. The van der Waals surface area contributed by atoms with Gasteiger partial charge in [0.1, 0.15) is 4.90 Å². The highest BCUT2D eigenvalue weighted by Gasteiger charge is 2.27. The fraction of sp³-hybridized carbons (Fsp3) is 0.136. The predicted octanol–water partition coefficient (Wildman–Crippen LogP) is 3.69. The van der Waals surface area contributed by atoms with Gasteiger partial charge >= 0.3 is 0 Å². The Kier molecular flexibility index (Phi) is 6.80. The Morgan fingerprint density at radius 2 is 2.00 bits per heavy atom. The normalized spacial score (nSPS) is 11.7. The van der Waals surface area contributed by atoms with Crippen LogP contribution in [0.5, 0.6) is 0 Å². The number of hydrazone groups is 1. The van der Waals surface area contributed by atoms with Crippen LogP contribution in [0.3, 0.4) is 0 Å². The fourth-order valence-corrected chi connectivity index (χ4v) is 4.93. The molecule has 0 N–H and O–H groups in total. The number of hydrogen-bond donors (Lipinski definition) is 0. The van der Waals surface area contributed by atoms with Crippen LogP contribution in [0, 0.1) is 10.1 Å². The maximum Gasteiger partial charge on any atom is 0.281 e. The van der Waals surface area contributed by atoms with Crippen LogP contribution in [0.15, 0.2) is 81.6 Å². The van der Waals surface area contributed by atoms with Crippen LogP contribution in [0.2, 0.25) is 0 Å². The largest absolute Gasteiger partial charge is 0.368 e. The average molecular weight is 558 g/mol. The number of hydrogen-bond acceptors (Lipinski definition) is 8. The lowest BCUT2D eigenvalue weighted by Gasteiger charge is -2.23. The summed E-state index contributed by atoms with van der Waals surface area (Å²) in [6, 6.07) is 12.8. The summed E-state index contributed by atoms with van der Waals surface area (Å²) in [7, 11) is -1.28. The number of non-ortho nitro benzene ring substituents is 1. The summed E-state index contributed by atoms with van der Waals surface area (Å²) in [5, 5.41) is 19.7. The summed E-state index contributed by atoms with van der Waals surface area (Å²) in [5.74, 6) is 0. The molecule has 1 aromatic carbocycles. The molecule has 0 saturated carbocycles. The molecule has 0 atom stereocenters. The number of benzene rings is 1. The first-order valence-corrected chi connectivity index (χ1v) is 12.5. The standard InChI is InChI=1S/C22H20BrN7O4S/c1-27(15-18-5-3-4-9-24-18)20-7-6-19(30(31)32)12-22(20)35(33,34)28(2)25-13-16-14-26-29-10-8-17(23)11-21(16)29/h3-14H,15H2,1-2H3/b25-13+. The second-order valence-electron chi connectivity index (χ2n) is 7.54. The number of anilines is 1. The van der Waals surface area contributed by atoms with Crippen molar-refractivity contribution in [3.8, 4) is 0 Å². The number of nitro groups is 1. The second-order valence-corrected chi connectivity index (χ2v) is 10.4. The maximum absolute atomic E-state index is 13.5. The first kappa shape index (κ1) is 24.3. The van der Waals surface area contributed by atoms with Crippen molar-refractivity contribution in [1.29, 1.82) is 0 Å². The van der Waals surface area contributed by atoms with Gasteiger partial charge in [0.05, 0.1) is 40.8 Å². The molecule has 13 heteroatoms. The Bertz CT molecular complexity index is 1520. The van der Waals surface area contributed by atoms with Crippen molar-refractivity contribution in [2.24, 2.45) is 5.10 Å². The van der Waals surface area contributed by atoms with Crippen LogP contribution >= 0.6 is 15.9 Å². The van der Waals surface area contributed by atoms with Gasteiger partial charge in [0.2, 0.25) is 0 Å². The van der Waals surface area contributed by atoms with Gasteiger partial charge in [-0.1, -0.05) is 22.0 Å². The Hall–Kier alpha value is -3.84. The number of halogens is 1. The SMILES string of the molecule is CN(Cc1ccccn1)c1ccc([N+](=O)[O-])cc1S(=O)(=O)N(C)/N=C/c1cnn2ccc(Br)cc12. The van der Waals surface area contributed by atoms with Crippen LogP contribution in [0.1, 0.15) is 11.3 Å². The van der Waals surface area contributed by atoms with Gasteiger partial charge < -0.3 is 4.90 Å². The molecule has 11 nitrogen and oxygen atoms in total. The molecule has 3 aromatic heterocycles. The summed E-state index contributed by atoms with van der Waals surface area (Å²) in [6.07, 6.45) is 6.33. The minimum atomic E-state index is -4.25. The third-order valence-electron chi connectivity index (χ3n) is 5.19. The Labute approximate surface area is 209 Å². The van der Waals surface area contributed by atoms with Crippen LogP contribution in [0.4, 0.5) is 11.4 Å². The van der Waals surface area contributed by atoms with Crippen molar-refractivity contribution in [2.75, 3.05) is 19.0 Å². The molecule has 4 aromatic rings. The number of nitrogens with zero attached hydrogens (tertiary/aromatic N) is 7. The molecule has 4 rings (SSSR count). The third-order valence-corrected chi connectivity index (χ3v) is 7.36. The van der Waals surface area contributed by atoms with Crippen molar-refractivity contribution in [3.05, 3.63) is 93.0 Å². The number of sulfonamides is 1. The van der Waals surface area contributed by atoms with Gasteiger partial charge in [-0.05, 0) is 30.3 Å². The number of nitro benzene ring substituents is 1. The Morgan fingerprint density at radius 1 is 1.20 bits per heavy atom. The lowest BCUT2D eigenvalue weighted by atomic mass is 10.2. The molecular formula is C22H20BrN7O4S. The number of rotatable bonds is 8. The van der Waals surface area contributed by atoms with E-state index in [-0.39, 0.29) is 16.3 Å². The summed E-state index contributed by atoms with van der Waals surface area (Å²) in [4.78, 5) is 16.4. The minimum Gasteiger partial charge on any atom is -0.368 e. The van der Waals surface area contributed by atoms with E-state index in [1.54, 1.807) is 47.2 Å². The first-order valence-electron chi connectivity index (χ1n) is 10.2. The van der Waals surface area contributed by atoms with Crippen molar-refractivity contribution in [3.63, 3.8) is 0 Å². The number of aromatic nitrogens is 3. The highest BCUT2D eigenvalue weighted by Crippen LogP contribution is 2.31. The summed E-state index contributed by atoms with van der Waals surface area (Å²) in [5.41, 5.74) is 1.97. The number of fused-ring (bicyclic) bond motifs is 1. The molecule has 0 amide bonds. The van der Waals surface area contributed by atoms with Gasteiger partial charge in [-0.2, -0.15) is 23.0 Å². The zero-order valence-electron chi connectivity index (χ0n) is 18.7. The van der Waals surface area contributed by atoms with Gasteiger partial charge in [-0.3, -0.25) is 15.1 Å². The lowest BCUT2D eigenvalue weighted by Crippen LogP contribution is -2.26. The quantitative estimate of drug-likeness (QED) is 0.183. The van der Waals surface area contributed by atoms with E-state index in [1.165, 1.54) is 25.4 Å². The van der Waals surface area contributed by atoms with E-state index in [0.29, 0.717) is 17.8 Å². The fourth-order valence-electron chi connectivity index (χ4n) is 3.38. The van der Waals surface area contributed by atoms with Crippen molar-refractivity contribution < 1.29 is 13.3 Å². The molecule has 0 radical (unpaired) electrons. The summed E-state index contributed by atoms with van der Waals surface area (Å²) < 4.78 is 30.2. The zero-order chi connectivity index (χ0) is 25.2. The highest BCUT2D eigenvalue weighted by atomic mass is 79.9. The smallest absolute Gasteiger partial charge is 0.281 e. The molecule has 0 fully saturated rings. The Balaban J connectivity index is 1.70. The molecular weight excluding hydrogens is 538 g/mol. The van der Waals surface area contributed by atoms with Gasteiger partial charge in [-0.15, -0.1) is 0 Å². The van der Waals surface area contributed by atoms with Crippen LogP contribution < -0.4 is 4.90 Å². The Morgan fingerprint density at radius 3 is 2.71 bits per heavy atom. The van der Waals surface area contributed by atoms with Crippen LogP contribution in [-0.2, 0) is 16.6 Å². The molecule has 35 heavy (non-hydrogen) atoms. The van der Waals surface area contributed by atoms with E-state index in [0.717, 1.165) is 20.5 Å². The molecule has 0 bridgehead atoms. The summed E-state index contributed by atoms with van der Waals surface area (Å²) in [6.45, 7) is 0.297. The van der Waals surface area contributed by atoms with E-state index in [1.807, 2.05) is 18.2 Å². The van der Waals surface area contributed by atoms with Crippen LogP contribution in [-0.4, -0.2) is 52.7 Å². The molecule has 0 spiro atoms. The molecule has 0 unspecified atom stereocenters. The minimum absolute atomic E-state index is 0.243. The van der Waals surface area contributed by atoms with Crippen molar-refractivity contribution >= 4 is 49.1 Å². The van der Waals surface area contributed by atoms with Gasteiger partial charge in [0, 0.05) is 48.7 Å². The molecule has 0 aliphatic heterocycles. The first-order chi connectivity index (χ1) is 16.7. The molecule has 180 valence electrons. The molecule has 0 aliphatic carbocycles. The molecule has 0 saturated heterocycles. The van der Waals surface area contributed by atoms with Gasteiger partial charge in [0.25, 0.3) is 15.7 Å². The summed E-state index contributed by atoms with van der Waals surface area (Å²) >= 11 is 3.40. The lowest BCUT2D eigenvalue weighted by molar-refractivity contribution is -0.385. The predicted molar refractivity (Wildman–Crippen MR) is 135 cm³/mol. The number of pyridine rings is 2.